The van der Waals surface area contributed by atoms with Gasteiger partial charge in [0, 0.05) is 12.2 Å². The fraction of sp³-hybridized carbons (Fsp3) is 0.308. The highest BCUT2D eigenvalue weighted by atomic mass is 35.5. The molecule has 0 bridgehead atoms. The number of halogens is 1. The molecule has 0 fully saturated rings. The van der Waals surface area contributed by atoms with E-state index < -0.39 is 5.91 Å². The zero-order chi connectivity index (χ0) is 14.8. The van der Waals surface area contributed by atoms with Crippen LogP contribution in [0.4, 0.5) is 5.69 Å². The van der Waals surface area contributed by atoms with Gasteiger partial charge in [0.05, 0.1) is 23.7 Å². The van der Waals surface area contributed by atoms with Crippen molar-refractivity contribution in [1.82, 2.24) is 14.8 Å². The third kappa shape index (κ3) is 2.70. The number of primary amides is 1. The normalized spacial score (nSPS) is 13.8. The lowest BCUT2D eigenvalue weighted by atomic mass is 10.1. The number of carbonyl (C=O) groups excluding carboxylic acids is 1. The van der Waals surface area contributed by atoms with Crippen LogP contribution in [-0.2, 0) is 24.4 Å². The minimum Gasteiger partial charge on any atom is -0.377 e. The second-order valence-corrected chi connectivity index (χ2v) is 5.02. The van der Waals surface area contributed by atoms with Crippen LogP contribution in [0.25, 0.3) is 0 Å². The van der Waals surface area contributed by atoms with Crippen LogP contribution in [0.5, 0.6) is 0 Å². The molecule has 1 aliphatic heterocycles. The van der Waals surface area contributed by atoms with E-state index in [1.165, 1.54) is 0 Å². The van der Waals surface area contributed by atoms with Crippen molar-refractivity contribution < 1.29 is 9.53 Å². The molecule has 1 amide bonds. The smallest absolute Gasteiger partial charge is 0.252 e. The highest BCUT2D eigenvalue weighted by molar-refractivity contribution is 6.34. The number of amides is 1. The molecular weight excluding hydrogens is 294 g/mol. The van der Waals surface area contributed by atoms with Gasteiger partial charge in [-0.05, 0) is 12.1 Å². The number of rotatable bonds is 4. The van der Waals surface area contributed by atoms with Gasteiger partial charge in [0.25, 0.3) is 5.91 Å². The standard InChI is InChI=1S/C13H14ClN5O2/c14-8-2-1-3-9(12(8)13(15)20)16-6-10-17-18-11-7-21-5-4-19(10)11/h1-3,16H,4-7H2,(H2,15,20). The molecule has 0 saturated carbocycles. The molecule has 0 unspecified atom stereocenters. The number of fused-ring (bicyclic) bond motifs is 1. The quantitative estimate of drug-likeness (QED) is 0.884. The van der Waals surface area contributed by atoms with Crippen molar-refractivity contribution in [1.29, 1.82) is 0 Å². The summed E-state index contributed by atoms with van der Waals surface area (Å²) in [7, 11) is 0. The SMILES string of the molecule is NC(=O)c1c(Cl)cccc1NCc1nnc2n1CCOC2. The maximum atomic E-state index is 11.5. The summed E-state index contributed by atoms with van der Waals surface area (Å²) in [6, 6.07) is 5.13. The van der Waals surface area contributed by atoms with Gasteiger partial charge in [-0.2, -0.15) is 0 Å². The summed E-state index contributed by atoms with van der Waals surface area (Å²) in [5.41, 5.74) is 6.22. The molecule has 1 aromatic heterocycles. The van der Waals surface area contributed by atoms with Crippen LogP contribution in [0.3, 0.4) is 0 Å². The Hall–Kier alpha value is -2.12. The molecule has 110 valence electrons. The minimum atomic E-state index is -0.570. The van der Waals surface area contributed by atoms with E-state index in [9.17, 15) is 4.79 Å². The Morgan fingerprint density at radius 1 is 1.48 bits per heavy atom. The lowest BCUT2D eigenvalue weighted by Gasteiger charge is -2.16. The largest absolute Gasteiger partial charge is 0.377 e. The number of hydrogen-bond donors (Lipinski definition) is 2. The van der Waals surface area contributed by atoms with Gasteiger partial charge in [0.1, 0.15) is 6.61 Å². The Morgan fingerprint density at radius 3 is 3.14 bits per heavy atom. The van der Waals surface area contributed by atoms with E-state index in [2.05, 4.69) is 15.5 Å². The van der Waals surface area contributed by atoms with Gasteiger partial charge >= 0.3 is 0 Å². The molecule has 2 aromatic rings. The number of aromatic nitrogens is 3. The van der Waals surface area contributed by atoms with Gasteiger partial charge in [0.2, 0.25) is 0 Å². The van der Waals surface area contributed by atoms with Crippen LogP contribution in [0.1, 0.15) is 22.0 Å². The highest BCUT2D eigenvalue weighted by Gasteiger charge is 2.17. The van der Waals surface area contributed by atoms with Crippen molar-refractivity contribution in [3.05, 3.63) is 40.4 Å². The summed E-state index contributed by atoms with van der Waals surface area (Å²) in [4.78, 5) is 11.5. The van der Waals surface area contributed by atoms with Gasteiger partial charge in [0.15, 0.2) is 11.6 Å². The number of nitrogens with one attached hydrogen (secondary N) is 1. The topological polar surface area (TPSA) is 95.1 Å². The molecule has 0 spiro atoms. The van der Waals surface area contributed by atoms with Crippen molar-refractivity contribution in [2.24, 2.45) is 5.73 Å². The van der Waals surface area contributed by atoms with E-state index in [1.54, 1.807) is 18.2 Å². The molecule has 0 aliphatic carbocycles. The average Bonchev–Trinajstić information content (AvgIpc) is 2.88. The Balaban J connectivity index is 1.81. The van der Waals surface area contributed by atoms with E-state index in [1.807, 2.05) is 4.57 Å². The predicted octanol–water partition coefficient (Wildman–Crippen LogP) is 1.17. The first-order chi connectivity index (χ1) is 10.2. The lowest BCUT2D eigenvalue weighted by Crippen LogP contribution is -2.20. The van der Waals surface area contributed by atoms with Crippen LogP contribution in [0.15, 0.2) is 18.2 Å². The maximum Gasteiger partial charge on any atom is 0.252 e. The van der Waals surface area contributed by atoms with E-state index in [-0.39, 0.29) is 5.56 Å². The molecule has 1 aliphatic rings. The van der Waals surface area contributed by atoms with Gasteiger partial charge < -0.3 is 20.4 Å². The van der Waals surface area contributed by atoms with Crippen LogP contribution in [-0.4, -0.2) is 27.3 Å². The van der Waals surface area contributed by atoms with E-state index in [4.69, 9.17) is 22.1 Å². The number of benzene rings is 1. The van der Waals surface area contributed by atoms with Crippen LogP contribution in [0, 0.1) is 0 Å². The molecular formula is C13H14ClN5O2. The van der Waals surface area contributed by atoms with Crippen LogP contribution >= 0.6 is 11.6 Å². The third-order valence-corrected chi connectivity index (χ3v) is 3.61. The number of nitrogens with zero attached hydrogens (tertiary/aromatic N) is 3. The molecule has 0 saturated heterocycles. The maximum absolute atomic E-state index is 11.5. The summed E-state index contributed by atoms with van der Waals surface area (Å²) >= 11 is 6.01. The summed E-state index contributed by atoms with van der Waals surface area (Å²) in [5.74, 6) is 1.02. The monoisotopic (exact) mass is 307 g/mol. The summed E-state index contributed by atoms with van der Waals surface area (Å²) < 4.78 is 7.32. The minimum absolute atomic E-state index is 0.279. The molecule has 0 radical (unpaired) electrons. The Bertz CT molecular complexity index is 685. The van der Waals surface area contributed by atoms with Gasteiger partial charge in [-0.1, -0.05) is 17.7 Å². The predicted molar refractivity (Wildman–Crippen MR) is 77.0 cm³/mol. The summed E-state index contributed by atoms with van der Waals surface area (Å²) in [5, 5.41) is 11.7. The Kier molecular flexibility index (Phi) is 3.76. The number of carbonyl (C=O) groups is 1. The fourth-order valence-electron chi connectivity index (χ4n) is 2.28. The summed E-state index contributed by atoms with van der Waals surface area (Å²) in [6.07, 6.45) is 0. The van der Waals surface area contributed by atoms with Crippen LogP contribution < -0.4 is 11.1 Å². The third-order valence-electron chi connectivity index (χ3n) is 3.29. The van der Waals surface area contributed by atoms with Crippen molar-refractivity contribution in [3.63, 3.8) is 0 Å². The zero-order valence-corrected chi connectivity index (χ0v) is 11.9. The van der Waals surface area contributed by atoms with Gasteiger partial charge in [-0.3, -0.25) is 4.79 Å². The molecule has 21 heavy (non-hydrogen) atoms. The van der Waals surface area contributed by atoms with E-state index in [0.29, 0.717) is 30.5 Å². The van der Waals surface area contributed by atoms with Crippen molar-refractivity contribution >= 4 is 23.2 Å². The first-order valence-corrected chi connectivity index (χ1v) is 6.85. The lowest BCUT2D eigenvalue weighted by molar-refractivity contribution is 0.0807. The highest BCUT2D eigenvalue weighted by Crippen LogP contribution is 2.24. The van der Waals surface area contributed by atoms with Gasteiger partial charge in [-0.15, -0.1) is 10.2 Å². The first-order valence-electron chi connectivity index (χ1n) is 6.47. The number of nitrogens with two attached hydrogens (primary N) is 1. The molecule has 7 nitrogen and oxygen atoms in total. The second-order valence-electron chi connectivity index (χ2n) is 4.62. The average molecular weight is 308 g/mol. The molecule has 2 heterocycles. The van der Waals surface area contributed by atoms with E-state index >= 15 is 0 Å². The van der Waals surface area contributed by atoms with Crippen molar-refractivity contribution in [2.45, 2.75) is 19.7 Å². The second kappa shape index (κ2) is 5.71. The number of ether oxygens (including phenoxy) is 1. The van der Waals surface area contributed by atoms with Crippen molar-refractivity contribution in [2.75, 3.05) is 11.9 Å². The fourth-order valence-corrected chi connectivity index (χ4v) is 2.55. The Morgan fingerprint density at radius 2 is 2.33 bits per heavy atom. The molecule has 8 heteroatoms. The summed E-state index contributed by atoms with van der Waals surface area (Å²) in [6.45, 7) is 2.25. The number of hydrogen-bond acceptors (Lipinski definition) is 5. The molecule has 0 atom stereocenters. The Labute approximate surface area is 126 Å². The van der Waals surface area contributed by atoms with E-state index in [0.717, 1.165) is 18.2 Å². The number of anilines is 1. The molecule has 3 N–H and O–H groups in total. The van der Waals surface area contributed by atoms with Gasteiger partial charge in [-0.25, -0.2) is 0 Å². The first kappa shape index (κ1) is 13.8. The molecule has 3 rings (SSSR count). The van der Waals surface area contributed by atoms with Crippen LogP contribution in [0.2, 0.25) is 5.02 Å². The van der Waals surface area contributed by atoms with Crippen molar-refractivity contribution in [3.8, 4) is 0 Å². The zero-order valence-electron chi connectivity index (χ0n) is 11.2. The molecule has 1 aromatic carbocycles.